The van der Waals surface area contributed by atoms with Gasteiger partial charge in [-0.2, -0.15) is 0 Å². The van der Waals surface area contributed by atoms with Crippen LogP contribution in [0.2, 0.25) is 0 Å². The molecule has 1 amide bonds. The zero-order chi connectivity index (χ0) is 18.7. The molecule has 0 bridgehead atoms. The van der Waals surface area contributed by atoms with Gasteiger partial charge in [0.05, 0.1) is 5.25 Å². The van der Waals surface area contributed by atoms with Gasteiger partial charge in [0.1, 0.15) is 13.2 Å². The molecule has 138 valence electrons. The number of thioether (sulfide) groups is 1. The van der Waals surface area contributed by atoms with E-state index in [1.165, 1.54) is 0 Å². The molecule has 0 radical (unpaired) electrons. The van der Waals surface area contributed by atoms with Gasteiger partial charge in [-0.1, -0.05) is 34.1 Å². The number of carbonyl (C=O) groups excluding carboxylic acids is 1. The molecule has 0 spiro atoms. The van der Waals surface area contributed by atoms with Crippen LogP contribution in [0.25, 0.3) is 0 Å². The fourth-order valence-electron chi connectivity index (χ4n) is 2.74. The minimum Gasteiger partial charge on any atom is -0.486 e. The maximum Gasteiger partial charge on any atom is 0.237 e. The molecule has 0 aliphatic carbocycles. The number of nitrogens with one attached hydrogen (secondary N) is 1. The van der Waals surface area contributed by atoms with E-state index in [9.17, 15) is 4.79 Å². The lowest BCUT2D eigenvalue weighted by atomic mass is 10.1. The summed E-state index contributed by atoms with van der Waals surface area (Å²) in [7, 11) is 0. The Morgan fingerprint density at radius 2 is 1.81 bits per heavy atom. The molecule has 4 nitrogen and oxygen atoms in total. The number of amides is 1. The number of ether oxygens (including phenoxy) is 2. The number of hydrogen-bond acceptors (Lipinski definition) is 4. The average Bonchev–Trinajstić information content (AvgIpc) is 2.62. The highest BCUT2D eigenvalue weighted by Crippen LogP contribution is 2.37. The number of carbonyl (C=O) groups is 1. The zero-order valence-corrected chi connectivity index (χ0v) is 17.5. The Morgan fingerprint density at radius 3 is 2.46 bits per heavy atom. The summed E-state index contributed by atoms with van der Waals surface area (Å²) in [4.78, 5) is 12.6. The summed E-state index contributed by atoms with van der Waals surface area (Å²) in [6.45, 7) is 7.08. The van der Waals surface area contributed by atoms with Gasteiger partial charge < -0.3 is 14.8 Å². The van der Waals surface area contributed by atoms with E-state index < -0.39 is 0 Å². The molecule has 1 atom stereocenters. The minimum absolute atomic E-state index is 0.0149. The van der Waals surface area contributed by atoms with Crippen molar-refractivity contribution in [2.45, 2.75) is 31.8 Å². The molecule has 1 heterocycles. The topological polar surface area (TPSA) is 47.6 Å². The number of benzene rings is 2. The van der Waals surface area contributed by atoms with E-state index in [0.29, 0.717) is 19.0 Å². The highest BCUT2D eigenvalue weighted by molar-refractivity contribution is 9.10. The Labute approximate surface area is 166 Å². The normalized spacial score (nSPS) is 14.0. The van der Waals surface area contributed by atoms with Crippen LogP contribution in [0.3, 0.4) is 0 Å². The van der Waals surface area contributed by atoms with Crippen LogP contribution in [0, 0.1) is 13.8 Å². The van der Waals surface area contributed by atoms with E-state index in [0.717, 1.165) is 38.3 Å². The van der Waals surface area contributed by atoms with Crippen LogP contribution >= 0.6 is 27.7 Å². The van der Waals surface area contributed by atoms with Gasteiger partial charge in [0.25, 0.3) is 0 Å². The van der Waals surface area contributed by atoms with Gasteiger partial charge in [0.2, 0.25) is 5.91 Å². The molecule has 1 aliphatic heterocycles. The number of anilines is 1. The Balaban J connectivity index is 1.63. The summed E-state index contributed by atoms with van der Waals surface area (Å²) in [6, 6.07) is 9.94. The smallest absolute Gasteiger partial charge is 0.237 e. The summed E-state index contributed by atoms with van der Waals surface area (Å²) in [5.41, 5.74) is 4.15. The number of para-hydroxylation sites is 1. The second-order valence-electron chi connectivity index (χ2n) is 6.30. The second kappa shape index (κ2) is 8.35. The standard InChI is InChI=1S/C20H22BrNO3S/c1-12-5-4-6-13(2)19(12)22-20(23)14(3)26-11-15-9-17-18(10-16(15)21)25-8-7-24-17/h4-6,9-10,14H,7-8,11H2,1-3H3,(H,22,23). The molecule has 6 heteroatoms. The molecular weight excluding hydrogens is 414 g/mol. The van der Waals surface area contributed by atoms with E-state index in [1.807, 2.05) is 51.1 Å². The lowest BCUT2D eigenvalue weighted by molar-refractivity contribution is -0.115. The average molecular weight is 436 g/mol. The minimum atomic E-state index is -0.172. The Morgan fingerprint density at radius 1 is 1.19 bits per heavy atom. The van der Waals surface area contributed by atoms with Crippen LogP contribution in [-0.4, -0.2) is 24.4 Å². The monoisotopic (exact) mass is 435 g/mol. The summed E-state index contributed by atoms with van der Waals surface area (Å²) in [5.74, 6) is 2.25. The van der Waals surface area contributed by atoms with Crippen molar-refractivity contribution in [2.24, 2.45) is 0 Å². The first-order chi connectivity index (χ1) is 12.5. The van der Waals surface area contributed by atoms with Crippen LogP contribution in [0.1, 0.15) is 23.6 Å². The van der Waals surface area contributed by atoms with Gasteiger partial charge >= 0.3 is 0 Å². The molecule has 0 fully saturated rings. The fourth-order valence-corrected chi connectivity index (χ4v) is 4.27. The van der Waals surface area contributed by atoms with E-state index in [4.69, 9.17) is 9.47 Å². The Bertz CT molecular complexity index is 805. The first-order valence-electron chi connectivity index (χ1n) is 8.52. The number of halogens is 1. The van der Waals surface area contributed by atoms with E-state index in [1.54, 1.807) is 11.8 Å². The molecule has 1 unspecified atom stereocenters. The number of rotatable bonds is 5. The Hall–Kier alpha value is -1.66. The molecule has 1 aliphatic rings. The lowest BCUT2D eigenvalue weighted by Gasteiger charge is -2.20. The molecule has 2 aromatic carbocycles. The van der Waals surface area contributed by atoms with E-state index in [-0.39, 0.29) is 11.2 Å². The Kier molecular flexibility index (Phi) is 6.14. The highest BCUT2D eigenvalue weighted by atomic mass is 79.9. The molecule has 3 rings (SSSR count). The summed E-state index contributed by atoms with van der Waals surface area (Å²) >= 11 is 5.18. The first-order valence-corrected chi connectivity index (χ1v) is 10.4. The van der Waals surface area contributed by atoms with Crippen LogP contribution in [-0.2, 0) is 10.5 Å². The van der Waals surface area contributed by atoms with E-state index in [2.05, 4.69) is 21.2 Å². The van der Waals surface area contributed by atoms with Crippen molar-refractivity contribution in [1.29, 1.82) is 0 Å². The van der Waals surface area contributed by atoms with Gasteiger partial charge in [-0.05, 0) is 49.6 Å². The number of aryl methyl sites for hydroxylation is 2. The summed E-state index contributed by atoms with van der Waals surface area (Å²) in [6.07, 6.45) is 0. The molecule has 1 N–H and O–H groups in total. The molecular formula is C20H22BrNO3S. The predicted molar refractivity (Wildman–Crippen MR) is 110 cm³/mol. The van der Waals surface area contributed by atoms with Crippen LogP contribution < -0.4 is 14.8 Å². The van der Waals surface area contributed by atoms with Crippen molar-refractivity contribution in [3.8, 4) is 11.5 Å². The molecule has 0 saturated heterocycles. The fraction of sp³-hybridized carbons (Fsp3) is 0.350. The largest absolute Gasteiger partial charge is 0.486 e. The number of hydrogen-bond donors (Lipinski definition) is 1. The third-order valence-electron chi connectivity index (χ3n) is 4.30. The van der Waals surface area contributed by atoms with Crippen LogP contribution in [0.5, 0.6) is 11.5 Å². The first kappa shape index (κ1) is 19.1. The molecule has 0 saturated carbocycles. The molecule has 2 aromatic rings. The van der Waals surface area contributed by atoms with Crippen molar-refractivity contribution in [3.63, 3.8) is 0 Å². The SMILES string of the molecule is Cc1cccc(C)c1NC(=O)C(C)SCc1cc2c(cc1Br)OCCO2. The molecule has 26 heavy (non-hydrogen) atoms. The summed E-state index contributed by atoms with van der Waals surface area (Å²) in [5, 5.41) is 2.89. The van der Waals surface area contributed by atoms with Gasteiger partial charge in [-0.25, -0.2) is 0 Å². The summed E-state index contributed by atoms with van der Waals surface area (Å²) < 4.78 is 12.2. The third-order valence-corrected chi connectivity index (χ3v) is 6.23. The number of fused-ring (bicyclic) bond motifs is 1. The van der Waals surface area contributed by atoms with Crippen molar-refractivity contribution >= 4 is 39.3 Å². The van der Waals surface area contributed by atoms with Gasteiger partial charge in [-0.15, -0.1) is 11.8 Å². The van der Waals surface area contributed by atoms with Crippen molar-refractivity contribution in [2.75, 3.05) is 18.5 Å². The van der Waals surface area contributed by atoms with Gasteiger partial charge in [0.15, 0.2) is 11.5 Å². The highest BCUT2D eigenvalue weighted by Gasteiger charge is 2.18. The molecule has 0 aromatic heterocycles. The van der Waals surface area contributed by atoms with E-state index >= 15 is 0 Å². The predicted octanol–water partition coefficient (Wildman–Crippen LogP) is 5.10. The second-order valence-corrected chi connectivity index (χ2v) is 8.48. The zero-order valence-electron chi connectivity index (χ0n) is 15.1. The van der Waals surface area contributed by atoms with Crippen molar-refractivity contribution in [1.82, 2.24) is 0 Å². The van der Waals surface area contributed by atoms with Gasteiger partial charge in [-0.3, -0.25) is 4.79 Å². The van der Waals surface area contributed by atoms with Crippen molar-refractivity contribution in [3.05, 3.63) is 51.5 Å². The van der Waals surface area contributed by atoms with Crippen molar-refractivity contribution < 1.29 is 14.3 Å². The van der Waals surface area contributed by atoms with Gasteiger partial charge in [0, 0.05) is 15.9 Å². The quantitative estimate of drug-likeness (QED) is 0.709. The van der Waals surface area contributed by atoms with Crippen LogP contribution in [0.15, 0.2) is 34.8 Å². The third kappa shape index (κ3) is 4.35. The lowest BCUT2D eigenvalue weighted by Crippen LogP contribution is -2.23. The maximum atomic E-state index is 12.6. The maximum absolute atomic E-state index is 12.6. The van der Waals surface area contributed by atoms with Crippen LogP contribution in [0.4, 0.5) is 5.69 Å².